The number of nitrogens with two attached hydrogens (primary N) is 1. The van der Waals surface area contributed by atoms with Gasteiger partial charge >= 0.3 is 0 Å². The lowest BCUT2D eigenvalue weighted by Gasteiger charge is -2.06. The first-order valence-corrected chi connectivity index (χ1v) is 8.14. The number of hydrogen-bond donors (Lipinski definition) is 4. The Balaban J connectivity index is 1.85. The Morgan fingerprint density at radius 3 is 2.52 bits per heavy atom. The molecule has 5 N–H and O–H groups in total. The first-order valence-electron chi connectivity index (χ1n) is 8.14. The molecule has 2 aromatic heterocycles. The summed E-state index contributed by atoms with van der Waals surface area (Å²) in [6.45, 7) is 0.127. The number of nitrogen functional groups attached to an aromatic ring is 1. The number of benzene rings is 2. The number of aromatic nitrogens is 3. The molecule has 0 amide bonds. The number of imidazole rings is 1. The van der Waals surface area contributed by atoms with E-state index in [9.17, 15) is 5.11 Å². The molecule has 0 aliphatic rings. The number of aryl methyl sites for hydroxylation is 1. The largest absolute Gasteiger partial charge is 0.508 e. The molecule has 6 heteroatoms. The Morgan fingerprint density at radius 2 is 1.76 bits per heavy atom. The van der Waals surface area contributed by atoms with Gasteiger partial charge in [-0.2, -0.15) is 0 Å². The molecule has 0 saturated carbocycles. The maximum atomic E-state index is 9.44. The van der Waals surface area contributed by atoms with E-state index >= 15 is 0 Å². The number of aliphatic hydroxyl groups excluding tert-OH is 1. The third-order valence-corrected chi connectivity index (χ3v) is 4.28. The van der Waals surface area contributed by atoms with Gasteiger partial charge in [0.1, 0.15) is 28.4 Å². The molecule has 25 heavy (non-hydrogen) atoms. The van der Waals surface area contributed by atoms with E-state index in [1.54, 1.807) is 12.1 Å². The van der Waals surface area contributed by atoms with Crippen molar-refractivity contribution in [3.63, 3.8) is 0 Å². The summed E-state index contributed by atoms with van der Waals surface area (Å²) in [4.78, 5) is 12.3. The molecule has 0 unspecified atom stereocenters. The molecule has 0 aliphatic carbocycles. The molecule has 0 aliphatic heterocycles. The molecule has 4 rings (SSSR count). The quantitative estimate of drug-likeness (QED) is 0.459. The van der Waals surface area contributed by atoms with Crippen molar-refractivity contribution in [1.82, 2.24) is 15.0 Å². The van der Waals surface area contributed by atoms with E-state index in [0.717, 1.165) is 38.9 Å². The standard InChI is InChI=1S/C19H18N4O2/c20-19-18-17(22-16(23-18)2-1-9-24)14-8-5-12(10-15(14)21-19)11-3-6-13(25)7-4-11/h3-8,10,24-25H,1-2,9H2,(H2,20,21)(H,22,23). The van der Waals surface area contributed by atoms with Gasteiger partial charge in [0.05, 0.1) is 5.52 Å². The lowest BCUT2D eigenvalue weighted by atomic mass is 10.0. The number of H-pyrrole nitrogens is 1. The van der Waals surface area contributed by atoms with Crippen LogP contribution in [0, 0.1) is 0 Å². The number of nitrogens with one attached hydrogen (secondary N) is 1. The predicted octanol–water partition coefficient (Wildman–Crippen LogP) is 2.99. The first kappa shape index (κ1) is 15.4. The van der Waals surface area contributed by atoms with Gasteiger partial charge in [0, 0.05) is 18.4 Å². The minimum atomic E-state index is 0.127. The fourth-order valence-corrected chi connectivity index (χ4v) is 3.01. The van der Waals surface area contributed by atoms with Gasteiger partial charge in [0.2, 0.25) is 0 Å². The van der Waals surface area contributed by atoms with Crippen molar-refractivity contribution >= 4 is 27.8 Å². The third kappa shape index (κ3) is 2.77. The van der Waals surface area contributed by atoms with E-state index in [0.29, 0.717) is 18.7 Å². The van der Waals surface area contributed by atoms with Crippen LogP contribution in [0.4, 0.5) is 5.82 Å². The van der Waals surface area contributed by atoms with Gasteiger partial charge in [0.15, 0.2) is 0 Å². The average Bonchev–Trinajstić information content (AvgIpc) is 3.05. The summed E-state index contributed by atoms with van der Waals surface area (Å²) in [5.74, 6) is 1.45. The zero-order valence-electron chi connectivity index (χ0n) is 13.5. The van der Waals surface area contributed by atoms with E-state index in [2.05, 4.69) is 15.0 Å². The molecular weight excluding hydrogens is 316 g/mol. The molecule has 0 radical (unpaired) electrons. The normalized spacial score (nSPS) is 11.4. The van der Waals surface area contributed by atoms with Crippen molar-refractivity contribution in [2.45, 2.75) is 12.8 Å². The van der Waals surface area contributed by atoms with Crippen molar-refractivity contribution in [1.29, 1.82) is 0 Å². The SMILES string of the molecule is Nc1nc2cc(-c3ccc(O)cc3)ccc2c2nc(CCCO)[nH]c12. The van der Waals surface area contributed by atoms with Crippen LogP contribution in [0.1, 0.15) is 12.2 Å². The van der Waals surface area contributed by atoms with Crippen LogP contribution in [-0.4, -0.2) is 31.8 Å². The van der Waals surface area contributed by atoms with Gasteiger partial charge in [-0.3, -0.25) is 0 Å². The zero-order valence-corrected chi connectivity index (χ0v) is 13.5. The Labute approximate surface area is 144 Å². The number of anilines is 1. The molecule has 0 fully saturated rings. The summed E-state index contributed by atoms with van der Waals surface area (Å²) >= 11 is 0. The van der Waals surface area contributed by atoms with Gasteiger partial charge in [-0.1, -0.05) is 18.2 Å². The van der Waals surface area contributed by atoms with Gasteiger partial charge in [0.25, 0.3) is 0 Å². The third-order valence-electron chi connectivity index (χ3n) is 4.28. The zero-order chi connectivity index (χ0) is 17.4. The van der Waals surface area contributed by atoms with Gasteiger partial charge < -0.3 is 20.9 Å². The molecule has 0 atom stereocenters. The minimum absolute atomic E-state index is 0.127. The topological polar surface area (TPSA) is 108 Å². The van der Waals surface area contributed by atoms with E-state index < -0.39 is 0 Å². The Kier molecular flexibility index (Phi) is 3.74. The van der Waals surface area contributed by atoms with Crippen LogP contribution in [0.3, 0.4) is 0 Å². The number of fused-ring (bicyclic) bond motifs is 3. The van der Waals surface area contributed by atoms with Crippen LogP contribution >= 0.6 is 0 Å². The molecule has 0 bridgehead atoms. The Morgan fingerprint density at radius 1 is 1.00 bits per heavy atom. The summed E-state index contributed by atoms with van der Waals surface area (Å²) in [5, 5.41) is 19.4. The average molecular weight is 334 g/mol. The molecular formula is C19H18N4O2. The lowest BCUT2D eigenvalue weighted by molar-refractivity contribution is 0.287. The number of rotatable bonds is 4. The highest BCUT2D eigenvalue weighted by molar-refractivity contribution is 6.07. The second-order valence-electron chi connectivity index (χ2n) is 6.01. The highest BCUT2D eigenvalue weighted by Crippen LogP contribution is 2.30. The summed E-state index contributed by atoms with van der Waals surface area (Å²) < 4.78 is 0. The number of aliphatic hydroxyl groups is 1. The Hall–Kier alpha value is -3.12. The molecule has 2 heterocycles. The van der Waals surface area contributed by atoms with E-state index in [1.165, 1.54) is 0 Å². The monoisotopic (exact) mass is 334 g/mol. The maximum absolute atomic E-state index is 9.44. The summed E-state index contributed by atoms with van der Waals surface area (Å²) in [5.41, 5.74) is 10.4. The second-order valence-corrected chi connectivity index (χ2v) is 6.01. The predicted molar refractivity (Wildman–Crippen MR) is 98.3 cm³/mol. The van der Waals surface area contributed by atoms with E-state index in [-0.39, 0.29) is 12.4 Å². The van der Waals surface area contributed by atoms with Crippen LogP contribution in [-0.2, 0) is 6.42 Å². The summed E-state index contributed by atoms with van der Waals surface area (Å²) in [6.07, 6.45) is 1.31. The fraction of sp³-hybridized carbons (Fsp3) is 0.158. The number of phenolic OH excluding ortho intramolecular Hbond substituents is 1. The number of nitrogens with zero attached hydrogens (tertiary/aromatic N) is 2. The smallest absolute Gasteiger partial charge is 0.150 e. The lowest BCUT2D eigenvalue weighted by Crippen LogP contribution is -1.93. The second kappa shape index (κ2) is 6.07. The molecule has 126 valence electrons. The van der Waals surface area contributed by atoms with Gasteiger partial charge in [-0.25, -0.2) is 9.97 Å². The number of hydrogen-bond acceptors (Lipinski definition) is 5. The molecule has 2 aromatic carbocycles. The molecule has 0 saturated heterocycles. The van der Waals surface area contributed by atoms with Crippen LogP contribution < -0.4 is 5.73 Å². The van der Waals surface area contributed by atoms with Gasteiger partial charge in [-0.15, -0.1) is 0 Å². The van der Waals surface area contributed by atoms with Crippen LogP contribution in [0.2, 0.25) is 0 Å². The van der Waals surface area contributed by atoms with Gasteiger partial charge in [-0.05, 0) is 41.8 Å². The molecule has 4 aromatic rings. The van der Waals surface area contributed by atoms with Crippen LogP contribution in [0.15, 0.2) is 42.5 Å². The number of phenols is 1. The molecule has 0 spiro atoms. The van der Waals surface area contributed by atoms with Crippen molar-refractivity contribution in [3.8, 4) is 16.9 Å². The van der Waals surface area contributed by atoms with E-state index in [4.69, 9.17) is 10.8 Å². The number of pyridine rings is 1. The number of aromatic hydroxyl groups is 1. The first-order chi connectivity index (χ1) is 12.2. The van der Waals surface area contributed by atoms with Crippen molar-refractivity contribution in [3.05, 3.63) is 48.3 Å². The minimum Gasteiger partial charge on any atom is -0.508 e. The number of aromatic amines is 1. The Bertz CT molecular complexity index is 1050. The van der Waals surface area contributed by atoms with Crippen LogP contribution in [0.25, 0.3) is 33.1 Å². The summed E-state index contributed by atoms with van der Waals surface area (Å²) in [7, 11) is 0. The summed E-state index contributed by atoms with van der Waals surface area (Å²) in [6, 6.07) is 13.0. The molecule has 6 nitrogen and oxygen atoms in total. The van der Waals surface area contributed by atoms with Crippen molar-refractivity contribution in [2.24, 2.45) is 0 Å². The van der Waals surface area contributed by atoms with Crippen molar-refractivity contribution < 1.29 is 10.2 Å². The highest BCUT2D eigenvalue weighted by atomic mass is 16.3. The fourth-order valence-electron chi connectivity index (χ4n) is 3.01. The van der Waals surface area contributed by atoms with E-state index in [1.807, 2.05) is 30.3 Å². The highest BCUT2D eigenvalue weighted by Gasteiger charge is 2.12. The maximum Gasteiger partial charge on any atom is 0.150 e. The van der Waals surface area contributed by atoms with Crippen molar-refractivity contribution in [2.75, 3.05) is 12.3 Å². The van der Waals surface area contributed by atoms with Crippen LogP contribution in [0.5, 0.6) is 5.75 Å².